The van der Waals surface area contributed by atoms with Gasteiger partial charge in [0.25, 0.3) is 0 Å². The van der Waals surface area contributed by atoms with Crippen LogP contribution >= 0.6 is 0 Å². The maximum Gasteiger partial charge on any atom is 0.0956 e. The van der Waals surface area contributed by atoms with Crippen LogP contribution in [0, 0.1) is 11.8 Å². The minimum Gasteiger partial charge on any atom is -0.381 e. The van der Waals surface area contributed by atoms with Crippen molar-refractivity contribution in [2.75, 3.05) is 32.9 Å². The van der Waals surface area contributed by atoms with Crippen LogP contribution in [0.5, 0.6) is 0 Å². The Kier molecular flexibility index (Phi) is 1.64. The largest absolute Gasteiger partial charge is 0.381 e. The van der Waals surface area contributed by atoms with Crippen LogP contribution in [-0.2, 0) is 0 Å². The fraction of sp³-hybridized carbons (Fsp3) is 1.00. The molecular weight excluding hydrogens is 128 g/mol. The second-order valence-electron chi connectivity index (χ2n) is 3.29. The highest BCUT2D eigenvalue weighted by Gasteiger charge is 2.36. The van der Waals surface area contributed by atoms with Gasteiger partial charge in [0.15, 0.2) is 0 Å². The van der Waals surface area contributed by atoms with Crippen molar-refractivity contribution in [2.45, 2.75) is 0 Å². The summed E-state index contributed by atoms with van der Waals surface area (Å²) in [5.74, 6) is 1.51. The van der Waals surface area contributed by atoms with Gasteiger partial charge >= 0.3 is 0 Å². The van der Waals surface area contributed by atoms with E-state index in [0.717, 1.165) is 38.0 Å². The molecule has 2 aliphatic heterocycles. The summed E-state index contributed by atoms with van der Waals surface area (Å²) in [6.07, 6.45) is 0. The molecule has 2 atom stereocenters. The highest BCUT2D eigenvalue weighted by atomic mass is 16.3. The molecule has 3 heteroatoms. The van der Waals surface area contributed by atoms with Gasteiger partial charge in [-0.3, -0.25) is 4.90 Å². The molecule has 2 aliphatic rings. The highest BCUT2D eigenvalue weighted by molar-refractivity contribution is 4.89. The minimum atomic E-state index is 0.229. The summed E-state index contributed by atoms with van der Waals surface area (Å²) in [6, 6.07) is 0. The van der Waals surface area contributed by atoms with Crippen LogP contribution in [0.1, 0.15) is 0 Å². The standard InChI is InChI=1S/C7H13N2O/c10-5-9-3-6-1-8-2-7(6)4-9/h6-7,10H,1-5H2. The number of nitrogens with zero attached hydrogens (tertiary/aromatic N) is 2. The van der Waals surface area contributed by atoms with Gasteiger partial charge in [-0.25, -0.2) is 5.32 Å². The zero-order chi connectivity index (χ0) is 6.97. The molecule has 0 spiro atoms. The van der Waals surface area contributed by atoms with E-state index in [4.69, 9.17) is 5.11 Å². The van der Waals surface area contributed by atoms with Gasteiger partial charge in [-0.15, -0.1) is 0 Å². The zero-order valence-electron chi connectivity index (χ0n) is 6.03. The molecule has 3 nitrogen and oxygen atoms in total. The Labute approximate surface area is 61.0 Å². The van der Waals surface area contributed by atoms with E-state index < -0.39 is 0 Å². The van der Waals surface area contributed by atoms with E-state index in [1.165, 1.54) is 0 Å². The van der Waals surface area contributed by atoms with Gasteiger partial charge in [-0.05, 0) is 11.8 Å². The molecule has 0 aromatic rings. The highest BCUT2D eigenvalue weighted by Crippen LogP contribution is 2.26. The molecule has 0 aliphatic carbocycles. The van der Waals surface area contributed by atoms with E-state index in [9.17, 15) is 0 Å². The van der Waals surface area contributed by atoms with Crippen LogP contribution < -0.4 is 5.32 Å². The predicted molar refractivity (Wildman–Crippen MR) is 37.5 cm³/mol. The van der Waals surface area contributed by atoms with Crippen LogP contribution in [0.3, 0.4) is 0 Å². The molecule has 1 radical (unpaired) electrons. The summed E-state index contributed by atoms with van der Waals surface area (Å²) in [5.41, 5.74) is 0. The van der Waals surface area contributed by atoms with Gasteiger partial charge in [0.05, 0.1) is 6.73 Å². The number of fused-ring (bicyclic) bond motifs is 1. The number of aliphatic hydroxyl groups is 1. The van der Waals surface area contributed by atoms with E-state index in [2.05, 4.69) is 10.2 Å². The van der Waals surface area contributed by atoms with E-state index in [1.807, 2.05) is 0 Å². The molecule has 1 N–H and O–H groups in total. The lowest BCUT2D eigenvalue weighted by Gasteiger charge is -2.11. The van der Waals surface area contributed by atoms with Gasteiger partial charge < -0.3 is 5.11 Å². The Morgan fingerprint density at radius 1 is 1.30 bits per heavy atom. The molecule has 2 unspecified atom stereocenters. The first-order valence-electron chi connectivity index (χ1n) is 3.86. The quantitative estimate of drug-likeness (QED) is 0.514. The first-order chi connectivity index (χ1) is 4.90. The minimum absolute atomic E-state index is 0.229. The predicted octanol–water partition coefficient (Wildman–Crippen LogP) is -0.898. The average molecular weight is 141 g/mol. The summed E-state index contributed by atoms with van der Waals surface area (Å²) >= 11 is 0. The van der Waals surface area contributed by atoms with Crippen molar-refractivity contribution in [3.63, 3.8) is 0 Å². The third-order valence-corrected chi connectivity index (χ3v) is 2.58. The molecule has 10 heavy (non-hydrogen) atoms. The monoisotopic (exact) mass is 141 g/mol. The maximum atomic E-state index is 8.82. The first-order valence-corrected chi connectivity index (χ1v) is 3.86. The Hall–Kier alpha value is -0.120. The third-order valence-electron chi connectivity index (χ3n) is 2.58. The molecule has 0 bridgehead atoms. The number of rotatable bonds is 1. The zero-order valence-corrected chi connectivity index (χ0v) is 6.03. The van der Waals surface area contributed by atoms with E-state index in [1.54, 1.807) is 0 Å². The number of hydrogen-bond acceptors (Lipinski definition) is 2. The van der Waals surface area contributed by atoms with Gasteiger partial charge in [-0.2, -0.15) is 0 Å². The molecule has 0 saturated carbocycles. The molecule has 2 fully saturated rings. The van der Waals surface area contributed by atoms with Crippen molar-refractivity contribution in [3.05, 3.63) is 0 Å². The summed E-state index contributed by atoms with van der Waals surface area (Å²) in [4.78, 5) is 2.10. The van der Waals surface area contributed by atoms with E-state index in [-0.39, 0.29) is 6.73 Å². The number of hydrogen-bond donors (Lipinski definition) is 1. The van der Waals surface area contributed by atoms with Crippen molar-refractivity contribution in [3.8, 4) is 0 Å². The fourth-order valence-electron chi connectivity index (χ4n) is 1.97. The Bertz CT molecular complexity index is 117. The van der Waals surface area contributed by atoms with Crippen LogP contribution in [0.15, 0.2) is 0 Å². The molecule has 0 amide bonds. The van der Waals surface area contributed by atoms with Crippen LogP contribution in [0.25, 0.3) is 0 Å². The second kappa shape index (κ2) is 2.49. The topological polar surface area (TPSA) is 37.6 Å². The molecule has 2 saturated heterocycles. The first kappa shape index (κ1) is 6.58. The van der Waals surface area contributed by atoms with Gasteiger partial charge in [-0.1, -0.05) is 0 Å². The Morgan fingerprint density at radius 2 is 1.90 bits per heavy atom. The van der Waals surface area contributed by atoms with Crippen LogP contribution in [0.4, 0.5) is 0 Å². The SMILES string of the molecule is OCN1CC2C[N]CC2C1. The summed E-state index contributed by atoms with van der Waals surface area (Å²) in [5, 5.41) is 13.1. The average Bonchev–Trinajstić information content (AvgIpc) is 2.42. The van der Waals surface area contributed by atoms with Gasteiger partial charge in [0.1, 0.15) is 0 Å². The van der Waals surface area contributed by atoms with Crippen LogP contribution in [-0.4, -0.2) is 42.9 Å². The summed E-state index contributed by atoms with van der Waals surface area (Å²) in [6.45, 7) is 4.41. The van der Waals surface area contributed by atoms with Crippen LogP contribution in [0.2, 0.25) is 0 Å². The maximum absolute atomic E-state index is 8.82. The lowest BCUT2D eigenvalue weighted by Crippen LogP contribution is -2.24. The summed E-state index contributed by atoms with van der Waals surface area (Å²) in [7, 11) is 0. The molecule has 2 rings (SSSR count). The Morgan fingerprint density at radius 3 is 2.40 bits per heavy atom. The van der Waals surface area contributed by atoms with Crippen molar-refractivity contribution in [1.82, 2.24) is 10.2 Å². The van der Waals surface area contributed by atoms with Crippen molar-refractivity contribution in [2.24, 2.45) is 11.8 Å². The lowest BCUT2D eigenvalue weighted by molar-refractivity contribution is 0.124. The van der Waals surface area contributed by atoms with E-state index >= 15 is 0 Å². The van der Waals surface area contributed by atoms with Gasteiger partial charge in [0, 0.05) is 26.2 Å². The normalized spacial score (nSPS) is 40.5. The number of likely N-dealkylation sites (tertiary alicyclic amines) is 1. The summed E-state index contributed by atoms with van der Waals surface area (Å²) < 4.78 is 0. The molecule has 0 aromatic carbocycles. The Balaban J connectivity index is 1.94. The van der Waals surface area contributed by atoms with E-state index in [0.29, 0.717) is 0 Å². The molecule has 0 aromatic heterocycles. The fourth-order valence-corrected chi connectivity index (χ4v) is 1.97. The number of aliphatic hydroxyl groups excluding tert-OH is 1. The smallest absolute Gasteiger partial charge is 0.0956 e. The van der Waals surface area contributed by atoms with Crippen molar-refractivity contribution < 1.29 is 5.11 Å². The second-order valence-corrected chi connectivity index (χ2v) is 3.29. The third kappa shape index (κ3) is 0.944. The molecule has 2 heterocycles. The lowest BCUT2D eigenvalue weighted by atomic mass is 10.0. The van der Waals surface area contributed by atoms with Gasteiger partial charge in [0.2, 0.25) is 0 Å². The van der Waals surface area contributed by atoms with Crippen molar-refractivity contribution >= 4 is 0 Å². The van der Waals surface area contributed by atoms with Crippen molar-refractivity contribution in [1.29, 1.82) is 0 Å². The molecular formula is C7H13N2O. The molecule has 57 valence electrons.